The number of likely N-dealkylation sites (tertiary alicyclic amines) is 1. The fourth-order valence-corrected chi connectivity index (χ4v) is 3.92. The SMILES string of the molecule is CN1CC(OCC(=O)N2CCN(C(=O)c3[nH]c4ccc(F)c(Cl)c4c3F)CC2)C1. The lowest BCUT2D eigenvalue weighted by atomic mass is 10.2. The molecule has 156 valence electrons. The Morgan fingerprint density at radius 1 is 1.17 bits per heavy atom. The number of likely N-dealkylation sites (N-methyl/N-ethyl adjacent to an activating group) is 1. The van der Waals surface area contributed by atoms with Crippen molar-refractivity contribution in [2.24, 2.45) is 0 Å². The van der Waals surface area contributed by atoms with Crippen molar-refractivity contribution in [3.63, 3.8) is 0 Å². The van der Waals surface area contributed by atoms with E-state index >= 15 is 0 Å². The number of carbonyl (C=O) groups excluding carboxylic acids is 2. The molecule has 1 aromatic heterocycles. The van der Waals surface area contributed by atoms with Crippen LogP contribution in [0.25, 0.3) is 10.9 Å². The first-order valence-electron chi connectivity index (χ1n) is 9.37. The fourth-order valence-electron chi connectivity index (χ4n) is 3.68. The van der Waals surface area contributed by atoms with Gasteiger partial charge in [0, 0.05) is 39.3 Å². The van der Waals surface area contributed by atoms with Crippen molar-refractivity contribution in [1.29, 1.82) is 0 Å². The van der Waals surface area contributed by atoms with Gasteiger partial charge in [-0.05, 0) is 19.2 Å². The van der Waals surface area contributed by atoms with Crippen molar-refractivity contribution in [3.8, 4) is 0 Å². The highest BCUT2D eigenvalue weighted by Gasteiger charge is 2.30. The molecule has 2 aromatic rings. The lowest BCUT2D eigenvalue weighted by molar-refractivity contribution is -0.143. The van der Waals surface area contributed by atoms with Gasteiger partial charge < -0.3 is 24.4 Å². The molecule has 2 aliphatic rings. The van der Waals surface area contributed by atoms with Crippen LogP contribution in [-0.2, 0) is 9.53 Å². The van der Waals surface area contributed by atoms with Crippen LogP contribution in [0.15, 0.2) is 12.1 Å². The summed E-state index contributed by atoms with van der Waals surface area (Å²) in [5.74, 6) is -2.28. The maximum atomic E-state index is 14.7. The molecule has 2 saturated heterocycles. The van der Waals surface area contributed by atoms with Crippen molar-refractivity contribution in [3.05, 3.63) is 34.5 Å². The Morgan fingerprint density at radius 2 is 1.83 bits per heavy atom. The van der Waals surface area contributed by atoms with Gasteiger partial charge in [-0.15, -0.1) is 0 Å². The molecule has 1 N–H and O–H groups in total. The number of aromatic nitrogens is 1. The van der Waals surface area contributed by atoms with Crippen LogP contribution in [0, 0.1) is 11.6 Å². The second-order valence-corrected chi connectivity index (χ2v) is 7.80. The number of piperazine rings is 1. The predicted octanol–water partition coefficient (Wildman–Crippen LogP) is 1.71. The Hall–Kier alpha value is -2.23. The molecule has 0 aliphatic carbocycles. The van der Waals surface area contributed by atoms with Gasteiger partial charge in [0.15, 0.2) is 5.82 Å². The molecule has 0 saturated carbocycles. The number of aromatic amines is 1. The number of rotatable bonds is 4. The molecule has 0 unspecified atom stereocenters. The van der Waals surface area contributed by atoms with Crippen LogP contribution in [0.2, 0.25) is 5.02 Å². The maximum Gasteiger partial charge on any atom is 0.273 e. The summed E-state index contributed by atoms with van der Waals surface area (Å²) in [4.78, 5) is 32.9. The van der Waals surface area contributed by atoms with Crippen LogP contribution in [0.5, 0.6) is 0 Å². The zero-order valence-corrected chi connectivity index (χ0v) is 16.6. The zero-order valence-electron chi connectivity index (χ0n) is 15.9. The predicted molar refractivity (Wildman–Crippen MR) is 103 cm³/mol. The number of amides is 2. The third-order valence-electron chi connectivity index (χ3n) is 5.40. The van der Waals surface area contributed by atoms with Crippen LogP contribution in [0.4, 0.5) is 8.78 Å². The second-order valence-electron chi connectivity index (χ2n) is 7.43. The number of hydrogen-bond donors (Lipinski definition) is 1. The van der Waals surface area contributed by atoms with Crippen LogP contribution in [0.1, 0.15) is 10.5 Å². The van der Waals surface area contributed by atoms with Gasteiger partial charge in [-0.1, -0.05) is 11.6 Å². The molecule has 29 heavy (non-hydrogen) atoms. The number of nitrogens with one attached hydrogen (secondary N) is 1. The Labute approximate surface area is 171 Å². The minimum atomic E-state index is -0.869. The maximum absolute atomic E-state index is 14.7. The average Bonchev–Trinajstić information content (AvgIpc) is 3.03. The number of carbonyl (C=O) groups is 2. The van der Waals surface area contributed by atoms with E-state index < -0.39 is 17.5 Å². The van der Waals surface area contributed by atoms with Gasteiger partial charge in [-0.2, -0.15) is 0 Å². The molecule has 0 atom stereocenters. The van der Waals surface area contributed by atoms with Gasteiger partial charge in [0.05, 0.1) is 22.0 Å². The van der Waals surface area contributed by atoms with E-state index in [1.54, 1.807) is 4.90 Å². The van der Waals surface area contributed by atoms with E-state index in [0.29, 0.717) is 13.1 Å². The van der Waals surface area contributed by atoms with Gasteiger partial charge in [0.2, 0.25) is 5.91 Å². The lowest BCUT2D eigenvalue weighted by Gasteiger charge is -2.37. The third kappa shape index (κ3) is 3.82. The molecule has 4 rings (SSSR count). The summed E-state index contributed by atoms with van der Waals surface area (Å²) in [5.41, 5.74) is -0.00503. The van der Waals surface area contributed by atoms with Crippen molar-refractivity contribution < 1.29 is 23.1 Å². The molecule has 7 nitrogen and oxygen atoms in total. The smallest absolute Gasteiger partial charge is 0.273 e. The highest BCUT2D eigenvalue weighted by atomic mass is 35.5. The highest BCUT2D eigenvalue weighted by Crippen LogP contribution is 2.31. The number of H-pyrrole nitrogens is 1. The number of halogens is 3. The van der Waals surface area contributed by atoms with Crippen LogP contribution < -0.4 is 0 Å². The first kappa shape index (κ1) is 20.1. The van der Waals surface area contributed by atoms with Gasteiger partial charge >= 0.3 is 0 Å². The number of nitrogens with zero attached hydrogens (tertiary/aromatic N) is 3. The average molecular weight is 427 g/mol. The van der Waals surface area contributed by atoms with E-state index in [9.17, 15) is 18.4 Å². The first-order chi connectivity index (χ1) is 13.8. The molecular formula is C19H21ClF2N4O3. The van der Waals surface area contributed by atoms with Crippen molar-refractivity contribution in [2.45, 2.75) is 6.10 Å². The van der Waals surface area contributed by atoms with Crippen LogP contribution >= 0.6 is 11.6 Å². The molecule has 1 aromatic carbocycles. The third-order valence-corrected chi connectivity index (χ3v) is 5.77. The van der Waals surface area contributed by atoms with Gasteiger partial charge in [-0.3, -0.25) is 9.59 Å². The standard InChI is InChI=1S/C19H21ClF2N4O3/c1-24-8-11(9-24)29-10-14(27)25-4-6-26(7-5-25)19(28)18-17(22)15-13(23-18)3-2-12(21)16(15)20/h2-3,11,23H,4-10H2,1H3. The fraction of sp³-hybridized carbons (Fsp3) is 0.474. The summed E-state index contributed by atoms with van der Waals surface area (Å²) in [6.45, 7) is 2.89. The molecular weight excluding hydrogens is 406 g/mol. The minimum Gasteiger partial charge on any atom is -0.366 e. The molecule has 2 fully saturated rings. The minimum absolute atomic E-state index is 0.0210. The Balaban J connectivity index is 1.37. The molecule has 0 radical (unpaired) electrons. The highest BCUT2D eigenvalue weighted by molar-refractivity contribution is 6.35. The number of hydrogen-bond acceptors (Lipinski definition) is 4. The second kappa shape index (κ2) is 7.89. The van der Waals surface area contributed by atoms with E-state index in [1.165, 1.54) is 11.0 Å². The van der Waals surface area contributed by atoms with Gasteiger partial charge in [0.25, 0.3) is 5.91 Å². The molecule has 0 spiro atoms. The summed E-state index contributed by atoms with van der Waals surface area (Å²) >= 11 is 5.85. The lowest BCUT2D eigenvalue weighted by Crippen LogP contribution is -2.53. The summed E-state index contributed by atoms with van der Waals surface area (Å²) < 4.78 is 33.9. The number of benzene rings is 1. The zero-order chi connectivity index (χ0) is 20.7. The van der Waals surface area contributed by atoms with E-state index in [1.807, 2.05) is 7.05 Å². The number of fused-ring (bicyclic) bond motifs is 1. The van der Waals surface area contributed by atoms with E-state index in [2.05, 4.69) is 9.88 Å². The summed E-state index contributed by atoms with van der Waals surface area (Å²) in [6, 6.07) is 2.45. The van der Waals surface area contributed by atoms with Gasteiger partial charge in [-0.25, -0.2) is 8.78 Å². The van der Waals surface area contributed by atoms with E-state index in [4.69, 9.17) is 16.3 Å². The van der Waals surface area contributed by atoms with Gasteiger partial charge in [0.1, 0.15) is 18.1 Å². The number of ether oxygens (including phenoxy) is 1. The molecule has 0 bridgehead atoms. The van der Waals surface area contributed by atoms with Crippen molar-refractivity contribution in [2.75, 3.05) is 52.9 Å². The molecule has 2 amide bonds. The van der Waals surface area contributed by atoms with E-state index in [0.717, 1.165) is 19.2 Å². The Morgan fingerprint density at radius 3 is 2.48 bits per heavy atom. The van der Waals surface area contributed by atoms with E-state index in [-0.39, 0.29) is 53.3 Å². The first-order valence-corrected chi connectivity index (χ1v) is 9.75. The Kier molecular flexibility index (Phi) is 5.46. The molecule has 2 aliphatic heterocycles. The summed E-state index contributed by atoms with van der Waals surface area (Å²) in [5, 5.41) is -0.494. The van der Waals surface area contributed by atoms with Crippen LogP contribution in [0.3, 0.4) is 0 Å². The van der Waals surface area contributed by atoms with Crippen molar-refractivity contribution in [1.82, 2.24) is 19.7 Å². The summed E-state index contributed by atoms with van der Waals surface area (Å²) in [6.07, 6.45) is 0.0912. The topological polar surface area (TPSA) is 68.9 Å². The molecule has 3 heterocycles. The van der Waals surface area contributed by atoms with Crippen LogP contribution in [-0.4, -0.2) is 90.5 Å². The normalized spacial score (nSPS) is 18.3. The molecule has 10 heteroatoms. The quantitative estimate of drug-likeness (QED) is 0.808. The van der Waals surface area contributed by atoms with Crippen molar-refractivity contribution >= 4 is 34.3 Å². The summed E-state index contributed by atoms with van der Waals surface area (Å²) in [7, 11) is 1.98. The Bertz CT molecular complexity index is 953. The monoisotopic (exact) mass is 426 g/mol. The largest absolute Gasteiger partial charge is 0.366 e.